The second-order valence-corrected chi connectivity index (χ2v) is 14.6. The van der Waals surface area contributed by atoms with Crippen molar-refractivity contribution in [2.75, 3.05) is 13.1 Å². The fraction of sp³-hybridized carbons (Fsp3) is 0.657. The van der Waals surface area contributed by atoms with E-state index in [2.05, 4.69) is 26.3 Å². The lowest BCUT2D eigenvalue weighted by Crippen LogP contribution is -2.60. The van der Waals surface area contributed by atoms with E-state index in [0.29, 0.717) is 56.4 Å². The normalized spacial score (nSPS) is 24.2. The molecule has 276 valence electrons. The Morgan fingerprint density at radius 2 is 1.28 bits per heavy atom. The standard InChI is InChI=1S/C35H55N9O6/c36-11-5-4-9-25(29(37)45)41-32(48)28(20-35-17-22-13-23(18-35)15-24(14-22)19-35)43-30(46)26(10-6-12-40-33(38)39)42-31(47)27(44-34(49)50)16-21-7-2-1-3-8-21/h1-3,7-8,22-28,44H,4-6,9-20,36H2,(H2,37,45)(H,41,48)(H,42,47)(H,43,46)(H,49,50)(H4,38,39,40). The summed E-state index contributed by atoms with van der Waals surface area (Å²) >= 11 is 0. The molecule has 0 aliphatic heterocycles. The molecule has 4 saturated carbocycles. The SMILES string of the molecule is NCCCCC(NC(=O)C(CC12CC3CC(CC(C3)C1)C2)NC(=O)C(CCCN=C(N)N)NC(=O)C(Cc1ccccc1)NC(=O)O)C(N)=O. The van der Waals surface area contributed by atoms with Crippen molar-refractivity contribution >= 4 is 35.7 Å². The monoisotopic (exact) mass is 697 g/mol. The summed E-state index contributed by atoms with van der Waals surface area (Å²) in [6, 6.07) is 4.64. The van der Waals surface area contributed by atoms with E-state index in [1.54, 1.807) is 24.3 Å². The Morgan fingerprint density at radius 1 is 0.740 bits per heavy atom. The van der Waals surface area contributed by atoms with E-state index >= 15 is 0 Å². The first-order valence-electron chi connectivity index (χ1n) is 17.9. The molecule has 15 nitrogen and oxygen atoms in total. The van der Waals surface area contributed by atoms with Gasteiger partial charge in [0.05, 0.1) is 0 Å². The Bertz CT molecular complexity index is 1330. The van der Waals surface area contributed by atoms with E-state index in [1.807, 2.05) is 6.07 Å². The molecule has 5 amide bonds. The Balaban J connectivity index is 1.56. The maximum Gasteiger partial charge on any atom is 0.405 e. The minimum atomic E-state index is -1.39. The van der Waals surface area contributed by atoms with Crippen LogP contribution in [0.25, 0.3) is 0 Å². The minimum absolute atomic E-state index is 0.0526. The number of unbranched alkanes of at least 4 members (excludes halogenated alkanes) is 1. The zero-order valence-electron chi connectivity index (χ0n) is 28.8. The van der Waals surface area contributed by atoms with Crippen LogP contribution < -0.4 is 44.2 Å². The van der Waals surface area contributed by atoms with Crippen LogP contribution in [0.4, 0.5) is 4.79 Å². The van der Waals surface area contributed by atoms with E-state index in [4.69, 9.17) is 22.9 Å². The first-order valence-corrected chi connectivity index (χ1v) is 17.9. The van der Waals surface area contributed by atoms with Crippen molar-refractivity contribution in [3.05, 3.63) is 35.9 Å². The third-order valence-corrected chi connectivity index (χ3v) is 10.5. The van der Waals surface area contributed by atoms with Crippen LogP contribution in [-0.2, 0) is 25.6 Å². The summed E-state index contributed by atoms with van der Waals surface area (Å²) in [7, 11) is 0. The Hall–Kier alpha value is -4.40. The number of benzene rings is 1. The highest BCUT2D eigenvalue weighted by Gasteiger charge is 2.52. The zero-order valence-corrected chi connectivity index (χ0v) is 28.8. The Kier molecular flexibility index (Phi) is 13.8. The fourth-order valence-electron chi connectivity index (χ4n) is 8.76. The number of guanidine groups is 1. The molecule has 4 aliphatic rings. The number of hydrogen-bond acceptors (Lipinski definition) is 7. The molecule has 4 aliphatic carbocycles. The number of amides is 5. The van der Waals surface area contributed by atoms with E-state index in [9.17, 15) is 29.1 Å². The van der Waals surface area contributed by atoms with Gasteiger partial charge >= 0.3 is 6.09 Å². The molecule has 4 atom stereocenters. The van der Waals surface area contributed by atoms with Crippen LogP contribution in [-0.4, -0.2) is 78.0 Å². The van der Waals surface area contributed by atoms with Crippen molar-refractivity contribution in [3.63, 3.8) is 0 Å². The number of rotatable bonds is 20. The second-order valence-electron chi connectivity index (χ2n) is 14.6. The average Bonchev–Trinajstić information content (AvgIpc) is 3.04. The van der Waals surface area contributed by atoms with Gasteiger partial charge in [0.15, 0.2) is 5.96 Å². The number of primary amides is 1. The summed E-state index contributed by atoms with van der Waals surface area (Å²) in [5, 5.41) is 20.2. The van der Waals surface area contributed by atoms with E-state index in [0.717, 1.165) is 24.8 Å². The van der Waals surface area contributed by atoms with Gasteiger partial charge in [0.2, 0.25) is 23.6 Å². The maximum absolute atomic E-state index is 14.1. The number of nitrogens with two attached hydrogens (primary N) is 4. The zero-order chi connectivity index (χ0) is 36.3. The minimum Gasteiger partial charge on any atom is -0.465 e. The Labute approximate surface area is 293 Å². The molecule has 1 aromatic carbocycles. The summed E-state index contributed by atoms with van der Waals surface area (Å²) < 4.78 is 0. The van der Waals surface area contributed by atoms with Crippen molar-refractivity contribution < 1.29 is 29.1 Å². The number of hydrogen-bond donors (Lipinski definition) is 9. The molecule has 4 unspecified atom stereocenters. The van der Waals surface area contributed by atoms with Crippen molar-refractivity contribution in [1.82, 2.24) is 21.3 Å². The first-order chi connectivity index (χ1) is 23.9. The molecule has 0 heterocycles. The van der Waals surface area contributed by atoms with Gasteiger partial charge in [-0.15, -0.1) is 0 Å². The van der Waals surface area contributed by atoms with Crippen LogP contribution in [0.3, 0.4) is 0 Å². The van der Waals surface area contributed by atoms with Gasteiger partial charge in [0.25, 0.3) is 0 Å². The van der Waals surface area contributed by atoms with Crippen molar-refractivity contribution in [2.24, 2.45) is 51.1 Å². The number of carboxylic acid groups (broad SMARTS) is 1. The van der Waals surface area contributed by atoms with Gasteiger partial charge in [-0.2, -0.15) is 0 Å². The van der Waals surface area contributed by atoms with Crippen LogP contribution in [0.1, 0.15) is 82.6 Å². The third kappa shape index (κ3) is 11.3. The van der Waals surface area contributed by atoms with Gasteiger partial charge in [-0.3, -0.25) is 24.2 Å². The maximum atomic E-state index is 14.1. The second kappa shape index (κ2) is 18.0. The van der Waals surface area contributed by atoms with E-state index in [1.165, 1.54) is 19.3 Å². The number of nitrogens with zero attached hydrogens (tertiary/aromatic N) is 1. The number of carbonyl (C=O) groups excluding carboxylic acids is 4. The molecule has 1 aromatic rings. The molecule has 5 rings (SSSR count). The third-order valence-electron chi connectivity index (χ3n) is 10.5. The van der Waals surface area contributed by atoms with Gasteiger partial charge < -0.3 is 49.3 Å². The molecule has 13 N–H and O–H groups in total. The van der Waals surface area contributed by atoms with E-state index in [-0.39, 0.29) is 30.8 Å². The first kappa shape index (κ1) is 38.4. The topological polar surface area (TPSA) is 270 Å². The molecule has 0 aromatic heterocycles. The summed E-state index contributed by atoms with van der Waals surface area (Å²) in [4.78, 5) is 69.7. The Morgan fingerprint density at radius 3 is 1.84 bits per heavy atom. The van der Waals surface area contributed by atoms with Crippen LogP contribution >= 0.6 is 0 Å². The largest absolute Gasteiger partial charge is 0.465 e. The number of nitrogens with one attached hydrogen (secondary N) is 4. The molecule has 0 radical (unpaired) electrons. The van der Waals surface area contributed by atoms with Crippen LogP contribution in [0.15, 0.2) is 35.3 Å². The van der Waals surface area contributed by atoms with Crippen LogP contribution in [0, 0.1) is 23.2 Å². The molecule has 0 spiro atoms. The van der Waals surface area contributed by atoms with Crippen LogP contribution in [0.2, 0.25) is 0 Å². The lowest BCUT2D eigenvalue weighted by molar-refractivity contribution is -0.136. The van der Waals surface area contributed by atoms with Gasteiger partial charge in [0, 0.05) is 13.0 Å². The summed E-state index contributed by atoms with van der Waals surface area (Å²) in [6.45, 7) is 0.623. The summed E-state index contributed by atoms with van der Waals surface area (Å²) in [6.07, 6.45) is 7.59. The highest BCUT2D eigenvalue weighted by molar-refractivity contribution is 5.95. The van der Waals surface area contributed by atoms with Crippen LogP contribution in [0.5, 0.6) is 0 Å². The van der Waals surface area contributed by atoms with Crippen molar-refractivity contribution in [3.8, 4) is 0 Å². The number of carbonyl (C=O) groups is 5. The predicted octanol–water partition coefficient (Wildman–Crippen LogP) is 0.594. The van der Waals surface area contributed by atoms with Gasteiger partial charge in [-0.25, -0.2) is 4.79 Å². The quantitative estimate of drug-likeness (QED) is 0.0523. The number of aliphatic imine (C=N–C) groups is 1. The summed E-state index contributed by atoms with van der Waals surface area (Å²) in [5.74, 6) is -0.814. The van der Waals surface area contributed by atoms with Gasteiger partial charge in [-0.05, 0) is 112 Å². The lowest BCUT2D eigenvalue weighted by atomic mass is 9.48. The molecule has 15 heteroatoms. The average molecular weight is 698 g/mol. The van der Waals surface area contributed by atoms with Gasteiger partial charge in [0.1, 0.15) is 24.2 Å². The predicted molar refractivity (Wildman–Crippen MR) is 188 cm³/mol. The highest BCUT2D eigenvalue weighted by atomic mass is 16.4. The smallest absolute Gasteiger partial charge is 0.405 e. The van der Waals surface area contributed by atoms with Gasteiger partial charge in [-0.1, -0.05) is 30.3 Å². The van der Waals surface area contributed by atoms with Crippen molar-refractivity contribution in [1.29, 1.82) is 0 Å². The fourth-order valence-corrected chi connectivity index (χ4v) is 8.76. The molecule has 0 saturated heterocycles. The van der Waals surface area contributed by atoms with E-state index < -0.39 is 53.9 Å². The summed E-state index contributed by atoms with van der Waals surface area (Å²) in [5.41, 5.74) is 22.9. The highest BCUT2D eigenvalue weighted by Crippen LogP contribution is 2.61. The molecule has 4 bridgehead atoms. The molecular formula is C35H55N9O6. The van der Waals surface area contributed by atoms with Crippen molar-refractivity contribution in [2.45, 2.75) is 108 Å². The molecule has 4 fully saturated rings. The molecule has 50 heavy (non-hydrogen) atoms. The lowest BCUT2D eigenvalue weighted by Gasteiger charge is -2.57. The molecular weight excluding hydrogens is 642 g/mol.